The van der Waals surface area contributed by atoms with Crippen LogP contribution < -0.4 is 16.0 Å². The monoisotopic (exact) mass is 237 g/mol. The molecule has 3 N–H and O–H groups in total. The molecule has 0 saturated carbocycles. The smallest absolute Gasteiger partial charge is 0.242 e. The summed E-state index contributed by atoms with van der Waals surface area (Å²) in [5, 5.41) is 8.80. The van der Waals surface area contributed by atoms with Crippen LogP contribution in [-0.4, -0.2) is 37.5 Å². The number of nitrogens with one attached hydrogen (secondary N) is 3. The minimum absolute atomic E-state index is 0.0220. The van der Waals surface area contributed by atoms with Gasteiger partial charge in [0.2, 0.25) is 11.8 Å². The molecule has 5 heteroatoms. The molecule has 2 heterocycles. The van der Waals surface area contributed by atoms with Crippen molar-refractivity contribution in [3.05, 3.63) is 11.6 Å². The molecule has 2 aliphatic rings. The Kier molecular flexibility index (Phi) is 4.14. The summed E-state index contributed by atoms with van der Waals surface area (Å²) in [5.74, 6) is -0.0726. The van der Waals surface area contributed by atoms with E-state index < -0.39 is 0 Å². The number of hydrogen-bond acceptors (Lipinski definition) is 3. The molecule has 0 spiro atoms. The topological polar surface area (TPSA) is 70.2 Å². The van der Waals surface area contributed by atoms with Gasteiger partial charge in [-0.3, -0.25) is 9.59 Å². The number of amides is 2. The highest BCUT2D eigenvalue weighted by molar-refractivity contribution is 5.90. The van der Waals surface area contributed by atoms with Crippen molar-refractivity contribution in [1.29, 1.82) is 0 Å². The lowest BCUT2D eigenvalue weighted by molar-refractivity contribution is -0.125. The van der Waals surface area contributed by atoms with Crippen molar-refractivity contribution in [3.63, 3.8) is 0 Å². The Morgan fingerprint density at radius 3 is 3.00 bits per heavy atom. The van der Waals surface area contributed by atoms with Gasteiger partial charge in [0.1, 0.15) is 6.04 Å². The maximum Gasteiger partial charge on any atom is 0.242 e. The molecule has 1 atom stereocenters. The van der Waals surface area contributed by atoms with Crippen LogP contribution in [-0.2, 0) is 9.59 Å². The Morgan fingerprint density at radius 2 is 2.35 bits per heavy atom. The fraction of sp³-hybridized carbons (Fsp3) is 0.667. The van der Waals surface area contributed by atoms with E-state index in [1.807, 2.05) is 0 Å². The second kappa shape index (κ2) is 5.82. The third kappa shape index (κ3) is 3.56. The first-order valence-electron chi connectivity index (χ1n) is 6.21. The molecule has 0 unspecified atom stereocenters. The van der Waals surface area contributed by atoms with E-state index >= 15 is 0 Å². The summed E-state index contributed by atoms with van der Waals surface area (Å²) in [6, 6.07) is -0.315. The zero-order valence-corrected chi connectivity index (χ0v) is 9.92. The van der Waals surface area contributed by atoms with Gasteiger partial charge in [-0.2, -0.15) is 0 Å². The highest BCUT2D eigenvalue weighted by Crippen LogP contribution is 2.09. The standard InChI is InChI=1S/C12H19N3O2/c16-11-2-1-10(15-11)12(17)14-8-5-9-3-6-13-7-4-9/h3,10,13H,1-2,4-8H2,(H,14,17)(H,15,16)/t10-/m0/s1. The Labute approximate surface area is 101 Å². The van der Waals surface area contributed by atoms with E-state index in [0.29, 0.717) is 19.4 Å². The number of rotatable bonds is 4. The third-order valence-electron chi connectivity index (χ3n) is 3.22. The summed E-state index contributed by atoms with van der Waals surface area (Å²) in [5.41, 5.74) is 1.40. The van der Waals surface area contributed by atoms with Crippen LogP contribution >= 0.6 is 0 Å². The molecule has 2 rings (SSSR count). The zero-order valence-electron chi connectivity index (χ0n) is 9.92. The summed E-state index contributed by atoms with van der Waals surface area (Å²) < 4.78 is 0. The van der Waals surface area contributed by atoms with Crippen molar-refractivity contribution in [2.75, 3.05) is 19.6 Å². The SMILES string of the molecule is O=C1CC[C@@H](C(=O)NCCC2=CCNCC2)N1. The molecule has 0 aliphatic carbocycles. The molecule has 0 radical (unpaired) electrons. The van der Waals surface area contributed by atoms with Crippen molar-refractivity contribution in [3.8, 4) is 0 Å². The predicted molar refractivity (Wildman–Crippen MR) is 64.4 cm³/mol. The van der Waals surface area contributed by atoms with Gasteiger partial charge >= 0.3 is 0 Å². The van der Waals surface area contributed by atoms with Gasteiger partial charge in [-0.1, -0.05) is 11.6 Å². The molecule has 2 aliphatic heterocycles. The second-order valence-corrected chi connectivity index (χ2v) is 4.52. The Balaban J connectivity index is 1.66. The van der Waals surface area contributed by atoms with Crippen molar-refractivity contribution < 1.29 is 9.59 Å². The van der Waals surface area contributed by atoms with E-state index in [4.69, 9.17) is 0 Å². The van der Waals surface area contributed by atoms with Crippen LogP contribution in [0.15, 0.2) is 11.6 Å². The molecule has 0 aromatic carbocycles. The van der Waals surface area contributed by atoms with Crippen molar-refractivity contribution >= 4 is 11.8 Å². The van der Waals surface area contributed by atoms with Gasteiger partial charge in [0.15, 0.2) is 0 Å². The summed E-state index contributed by atoms with van der Waals surface area (Å²) in [7, 11) is 0. The summed E-state index contributed by atoms with van der Waals surface area (Å²) in [6.07, 6.45) is 5.25. The molecule has 94 valence electrons. The van der Waals surface area contributed by atoms with Gasteiger partial charge in [-0.05, 0) is 25.8 Å². The molecular weight excluding hydrogens is 218 g/mol. The molecule has 5 nitrogen and oxygen atoms in total. The van der Waals surface area contributed by atoms with E-state index in [-0.39, 0.29) is 17.9 Å². The van der Waals surface area contributed by atoms with Gasteiger partial charge in [0, 0.05) is 19.5 Å². The molecule has 1 saturated heterocycles. The lowest BCUT2D eigenvalue weighted by Crippen LogP contribution is -2.42. The van der Waals surface area contributed by atoms with E-state index in [9.17, 15) is 9.59 Å². The van der Waals surface area contributed by atoms with E-state index in [0.717, 1.165) is 25.9 Å². The third-order valence-corrected chi connectivity index (χ3v) is 3.22. The first-order valence-corrected chi connectivity index (χ1v) is 6.21. The van der Waals surface area contributed by atoms with E-state index in [1.165, 1.54) is 5.57 Å². The van der Waals surface area contributed by atoms with Crippen molar-refractivity contribution in [1.82, 2.24) is 16.0 Å². The minimum Gasteiger partial charge on any atom is -0.354 e. The van der Waals surface area contributed by atoms with E-state index in [1.54, 1.807) is 0 Å². The lowest BCUT2D eigenvalue weighted by atomic mass is 10.1. The average molecular weight is 237 g/mol. The maximum atomic E-state index is 11.7. The fourth-order valence-corrected chi connectivity index (χ4v) is 2.18. The maximum absolute atomic E-state index is 11.7. The number of hydrogen-bond donors (Lipinski definition) is 3. The molecule has 17 heavy (non-hydrogen) atoms. The Bertz CT molecular complexity index is 339. The zero-order chi connectivity index (χ0) is 12.1. The fourth-order valence-electron chi connectivity index (χ4n) is 2.18. The lowest BCUT2D eigenvalue weighted by Gasteiger charge is -2.15. The quantitative estimate of drug-likeness (QED) is 0.587. The van der Waals surface area contributed by atoms with Gasteiger partial charge in [0.25, 0.3) is 0 Å². The van der Waals surface area contributed by atoms with Gasteiger partial charge in [0.05, 0.1) is 0 Å². The van der Waals surface area contributed by atoms with Crippen molar-refractivity contribution in [2.45, 2.75) is 31.7 Å². The van der Waals surface area contributed by atoms with Crippen LogP contribution in [0.5, 0.6) is 0 Å². The van der Waals surface area contributed by atoms with Gasteiger partial charge in [-0.15, -0.1) is 0 Å². The van der Waals surface area contributed by atoms with Crippen LogP contribution in [0.2, 0.25) is 0 Å². The second-order valence-electron chi connectivity index (χ2n) is 4.52. The Morgan fingerprint density at radius 1 is 1.47 bits per heavy atom. The summed E-state index contributed by atoms with van der Waals surface area (Å²) in [4.78, 5) is 22.6. The summed E-state index contributed by atoms with van der Waals surface area (Å²) >= 11 is 0. The van der Waals surface area contributed by atoms with Crippen LogP contribution in [0.25, 0.3) is 0 Å². The number of carbonyl (C=O) groups is 2. The molecule has 0 aromatic rings. The summed E-state index contributed by atoms with van der Waals surface area (Å²) in [6.45, 7) is 2.62. The normalized spacial score (nSPS) is 24.1. The molecule has 1 fully saturated rings. The largest absolute Gasteiger partial charge is 0.354 e. The highest BCUT2D eigenvalue weighted by Gasteiger charge is 2.26. The molecule has 0 aromatic heterocycles. The average Bonchev–Trinajstić information content (AvgIpc) is 2.77. The predicted octanol–water partition coefficient (Wildman–Crippen LogP) is -0.309. The van der Waals surface area contributed by atoms with Crippen LogP contribution in [0.1, 0.15) is 25.7 Å². The van der Waals surface area contributed by atoms with Gasteiger partial charge in [-0.25, -0.2) is 0 Å². The van der Waals surface area contributed by atoms with Gasteiger partial charge < -0.3 is 16.0 Å². The molecule has 2 amide bonds. The first-order chi connectivity index (χ1) is 8.25. The van der Waals surface area contributed by atoms with E-state index in [2.05, 4.69) is 22.0 Å². The number of carbonyl (C=O) groups excluding carboxylic acids is 2. The van der Waals surface area contributed by atoms with Crippen LogP contribution in [0.4, 0.5) is 0 Å². The Hall–Kier alpha value is -1.36. The molecular formula is C12H19N3O2. The van der Waals surface area contributed by atoms with Crippen LogP contribution in [0.3, 0.4) is 0 Å². The minimum atomic E-state index is -0.315. The van der Waals surface area contributed by atoms with Crippen LogP contribution in [0, 0.1) is 0 Å². The highest BCUT2D eigenvalue weighted by atomic mass is 16.2. The molecule has 0 bridgehead atoms. The first kappa shape index (κ1) is 12.1. The van der Waals surface area contributed by atoms with Crippen molar-refractivity contribution in [2.24, 2.45) is 0 Å².